The van der Waals surface area contributed by atoms with Gasteiger partial charge in [0.15, 0.2) is 0 Å². The van der Waals surface area contributed by atoms with Gasteiger partial charge in [-0.1, -0.05) is 26.0 Å². The van der Waals surface area contributed by atoms with Crippen LogP contribution in [-0.4, -0.2) is 49.8 Å². The first-order chi connectivity index (χ1) is 9.65. The van der Waals surface area contributed by atoms with Crippen LogP contribution in [-0.2, 0) is 4.74 Å². The Morgan fingerprint density at radius 1 is 1.10 bits per heavy atom. The van der Waals surface area contributed by atoms with Crippen molar-refractivity contribution in [1.82, 2.24) is 4.90 Å². The summed E-state index contributed by atoms with van der Waals surface area (Å²) < 4.78 is 5.32. The zero-order valence-electron chi connectivity index (χ0n) is 12.9. The zero-order chi connectivity index (χ0) is 14.1. The molecule has 3 nitrogen and oxygen atoms in total. The lowest BCUT2D eigenvalue weighted by Gasteiger charge is -2.46. The van der Waals surface area contributed by atoms with E-state index in [1.54, 1.807) is 0 Å². The highest BCUT2D eigenvalue weighted by Crippen LogP contribution is 2.25. The monoisotopic (exact) mass is 274 g/mol. The Hall–Kier alpha value is -1.06. The first kappa shape index (κ1) is 13.9. The normalized spacial score (nSPS) is 25.0. The third kappa shape index (κ3) is 2.70. The predicted octanol–water partition coefficient (Wildman–Crippen LogP) is 2.72. The van der Waals surface area contributed by atoms with Crippen LogP contribution < -0.4 is 4.90 Å². The predicted molar refractivity (Wildman–Crippen MR) is 83.5 cm³/mol. The van der Waals surface area contributed by atoms with Crippen LogP contribution >= 0.6 is 0 Å². The lowest BCUT2D eigenvalue weighted by molar-refractivity contribution is -0.0691. The Morgan fingerprint density at radius 3 is 2.30 bits per heavy atom. The summed E-state index contributed by atoms with van der Waals surface area (Å²) in [6.45, 7) is 12.1. The fourth-order valence-corrected chi connectivity index (χ4v) is 3.19. The first-order valence-electron chi connectivity index (χ1n) is 7.83. The summed E-state index contributed by atoms with van der Waals surface area (Å²) in [4.78, 5) is 5.13. The Bertz CT molecular complexity index is 439. The lowest BCUT2D eigenvalue weighted by Crippen LogP contribution is -2.59. The van der Waals surface area contributed by atoms with E-state index >= 15 is 0 Å². The van der Waals surface area contributed by atoms with E-state index < -0.39 is 0 Å². The minimum Gasteiger partial charge on any atom is -0.378 e. The van der Waals surface area contributed by atoms with Crippen molar-refractivity contribution < 1.29 is 4.74 Å². The number of benzene rings is 1. The minimum absolute atomic E-state index is 0.578. The molecule has 0 aliphatic carbocycles. The van der Waals surface area contributed by atoms with Crippen molar-refractivity contribution in [2.75, 3.05) is 37.7 Å². The van der Waals surface area contributed by atoms with Crippen molar-refractivity contribution in [2.45, 2.75) is 38.8 Å². The van der Waals surface area contributed by atoms with Crippen molar-refractivity contribution in [3.63, 3.8) is 0 Å². The molecule has 2 saturated heterocycles. The van der Waals surface area contributed by atoms with Crippen LogP contribution in [0.3, 0.4) is 0 Å². The fourth-order valence-electron chi connectivity index (χ4n) is 3.19. The van der Waals surface area contributed by atoms with Gasteiger partial charge in [0.05, 0.1) is 19.3 Å². The number of rotatable bonds is 3. The second-order valence-corrected chi connectivity index (χ2v) is 6.47. The van der Waals surface area contributed by atoms with Gasteiger partial charge >= 0.3 is 0 Å². The highest BCUT2D eigenvalue weighted by molar-refractivity contribution is 5.49. The number of hydrogen-bond acceptors (Lipinski definition) is 3. The summed E-state index contributed by atoms with van der Waals surface area (Å²) in [5, 5.41) is 0. The molecule has 1 aromatic rings. The maximum atomic E-state index is 5.32. The molecular formula is C17H26N2O. The van der Waals surface area contributed by atoms with Crippen LogP contribution in [0.15, 0.2) is 24.3 Å². The highest BCUT2D eigenvalue weighted by Gasteiger charge is 2.32. The van der Waals surface area contributed by atoms with Crippen LogP contribution in [0.5, 0.6) is 0 Å². The summed E-state index contributed by atoms with van der Waals surface area (Å²) in [7, 11) is 0. The smallest absolute Gasteiger partial charge is 0.0645 e. The number of anilines is 1. The van der Waals surface area contributed by atoms with E-state index in [9.17, 15) is 0 Å². The Balaban J connectivity index is 1.65. The Morgan fingerprint density at radius 2 is 1.80 bits per heavy atom. The standard InChI is InChI=1S/C17H26N2O/c1-13(2)15-4-6-16(7-5-15)19-9-8-18(10-14(19)3)17-11-20-12-17/h4-7,13-14,17H,8-12H2,1-3H3/t14-/m0/s1. The molecule has 20 heavy (non-hydrogen) atoms. The molecule has 1 aromatic carbocycles. The molecule has 0 bridgehead atoms. The van der Waals surface area contributed by atoms with E-state index in [1.807, 2.05) is 0 Å². The van der Waals surface area contributed by atoms with E-state index in [4.69, 9.17) is 4.74 Å². The molecule has 0 radical (unpaired) electrons. The molecule has 2 heterocycles. The molecule has 3 rings (SSSR count). The number of ether oxygens (including phenoxy) is 1. The quantitative estimate of drug-likeness (QED) is 0.843. The SMILES string of the molecule is CC(C)c1ccc(N2CCN(C3COC3)C[C@@H]2C)cc1. The number of nitrogens with zero attached hydrogens (tertiary/aromatic N) is 2. The molecule has 2 aliphatic heterocycles. The van der Waals surface area contributed by atoms with Gasteiger partial charge in [0.25, 0.3) is 0 Å². The van der Waals surface area contributed by atoms with E-state index in [2.05, 4.69) is 54.8 Å². The molecular weight excluding hydrogens is 248 g/mol. The molecule has 3 heteroatoms. The topological polar surface area (TPSA) is 15.7 Å². The molecule has 0 N–H and O–H groups in total. The van der Waals surface area contributed by atoms with Gasteiger partial charge in [-0.15, -0.1) is 0 Å². The second kappa shape index (κ2) is 5.74. The largest absolute Gasteiger partial charge is 0.378 e. The van der Waals surface area contributed by atoms with Crippen molar-refractivity contribution in [3.8, 4) is 0 Å². The third-order valence-electron chi connectivity index (χ3n) is 4.69. The summed E-state index contributed by atoms with van der Waals surface area (Å²) in [6.07, 6.45) is 0. The van der Waals surface area contributed by atoms with Gasteiger partial charge in [-0.3, -0.25) is 4.90 Å². The second-order valence-electron chi connectivity index (χ2n) is 6.47. The number of piperazine rings is 1. The lowest BCUT2D eigenvalue weighted by atomic mass is 10.0. The molecule has 0 unspecified atom stereocenters. The minimum atomic E-state index is 0.578. The van der Waals surface area contributed by atoms with E-state index in [-0.39, 0.29) is 0 Å². The van der Waals surface area contributed by atoms with Crippen molar-refractivity contribution in [2.24, 2.45) is 0 Å². The van der Waals surface area contributed by atoms with E-state index in [1.165, 1.54) is 11.3 Å². The van der Waals surface area contributed by atoms with E-state index in [0.717, 1.165) is 32.8 Å². The maximum Gasteiger partial charge on any atom is 0.0645 e. The summed E-state index contributed by atoms with van der Waals surface area (Å²) in [6, 6.07) is 10.4. The average Bonchev–Trinajstić information content (AvgIpc) is 2.37. The Kier molecular flexibility index (Phi) is 3.99. The van der Waals surface area contributed by atoms with Crippen molar-refractivity contribution in [1.29, 1.82) is 0 Å². The highest BCUT2D eigenvalue weighted by atomic mass is 16.5. The molecule has 0 aromatic heterocycles. The molecule has 2 fully saturated rings. The Labute approximate surface area is 122 Å². The van der Waals surface area contributed by atoms with Crippen molar-refractivity contribution >= 4 is 5.69 Å². The first-order valence-corrected chi connectivity index (χ1v) is 7.83. The summed E-state index contributed by atoms with van der Waals surface area (Å²) in [5.74, 6) is 0.608. The number of hydrogen-bond donors (Lipinski definition) is 0. The zero-order valence-corrected chi connectivity index (χ0v) is 12.9. The van der Waals surface area contributed by atoms with Crippen LogP contribution in [0.2, 0.25) is 0 Å². The van der Waals surface area contributed by atoms with Crippen molar-refractivity contribution in [3.05, 3.63) is 29.8 Å². The summed E-state index contributed by atoms with van der Waals surface area (Å²) in [5.41, 5.74) is 2.79. The van der Waals surface area contributed by atoms with E-state index in [0.29, 0.717) is 18.0 Å². The molecule has 0 spiro atoms. The van der Waals surface area contributed by atoms with Gasteiger partial charge in [0.1, 0.15) is 0 Å². The van der Waals surface area contributed by atoms with Crippen LogP contribution in [0, 0.1) is 0 Å². The summed E-state index contributed by atoms with van der Waals surface area (Å²) >= 11 is 0. The van der Waals surface area contributed by atoms with Gasteiger partial charge < -0.3 is 9.64 Å². The van der Waals surface area contributed by atoms with Gasteiger partial charge in [0, 0.05) is 31.4 Å². The molecule has 0 amide bonds. The van der Waals surface area contributed by atoms with Crippen LogP contribution in [0.1, 0.15) is 32.3 Å². The molecule has 1 atom stereocenters. The molecule has 0 saturated carbocycles. The van der Waals surface area contributed by atoms with Gasteiger partial charge in [0.2, 0.25) is 0 Å². The van der Waals surface area contributed by atoms with Crippen LogP contribution in [0.4, 0.5) is 5.69 Å². The third-order valence-corrected chi connectivity index (χ3v) is 4.69. The van der Waals surface area contributed by atoms with Crippen LogP contribution in [0.25, 0.3) is 0 Å². The van der Waals surface area contributed by atoms with Gasteiger partial charge in [-0.05, 0) is 30.5 Å². The fraction of sp³-hybridized carbons (Fsp3) is 0.647. The molecule has 2 aliphatic rings. The maximum absolute atomic E-state index is 5.32. The van der Waals surface area contributed by atoms with Gasteiger partial charge in [-0.2, -0.15) is 0 Å². The molecule has 110 valence electrons. The average molecular weight is 274 g/mol. The van der Waals surface area contributed by atoms with Gasteiger partial charge in [-0.25, -0.2) is 0 Å².